The Balaban J connectivity index is 0.000000244. The summed E-state index contributed by atoms with van der Waals surface area (Å²) in [5, 5.41) is 82.8. The van der Waals surface area contributed by atoms with Gasteiger partial charge in [0.25, 0.3) is 17.7 Å². The Morgan fingerprint density at radius 3 is 1.10 bits per heavy atom. The summed E-state index contributed by atoms with van der Waals surface area (Å²) < 4.78 is 22.4. The summed E-state index contributed by atoms with van der Waals surface area (Å²) in [5.74, 6) is -13.7. The van der Waals surface area contributed by atoms with Gasteiger partial charge in [0.15, 0.2) is 0 Å². The number of carbonyl (C=O) groups excluding carboxylic acids is 12. The number of pyridine rings is 3. The topological polar surface area (TPSA) is 489 Å². The first kappa shape index (κ1) is 93.2. The number of hydrogen-bond donors (Lipinski definition) is 13. The fourth-order valence-corrected chi connectivity index (χ4v) is 13.5. The molecule has 636 valence electrons. The van der Waals surface area contributed by atoms with E-state index in [-0.39, 0.29) is 65.0 Å². The van der Waals surface area contributed by atoms with Gasteiger partial charge >= 0.3 is 23.9 Å². The van der Waals surface area contributed by atoms with E-state index in [1.165, 1.54) is 89.9 Å². The van der Waals surface area contributed by atoms with Crippen molar-refractivity contribution in [2.24, 2.45) is 35.5 Å². The number of hydrogen-bond acceptors (Lipinski definition) is 25. The number of aromatic nitrogens is 3. The van der Waals surface area contributed by atoms with Gasteiger partial charge in [-0.1, -0.05) is 123 Å². The molecule has 3 saturated heterocycles. The Bertz CT molecular complexity index is 4250. The Morgan fingerprint density at radius 2 is 0.754 bits per heavy atom. The summed E-state index contributed by atoms with van der Waals surface area (Å²) in [7, 11) is 1.49. The third-order valence-electron chi connectivity index (χ3n) is 21.5. The highest BCUT2D eigenvalue weighted by Crippen LogP contribution is 2.28. The molecule has 3 aliphatic rings. The fraction of sp³-hybridized carbons (Fsp3) is 0.471. The van der Waals surface area contributed by atoms with Crippen molar-refractivity contribution in [1.82, 2.24) is 57.1 Å². The lowest BCUT2D eigenvalue weighted by Crippen LogP contribution is -2.61. The zero-order chi connectivity index (χ0) is 86.9. The molecule has 3 aromatic carbocycles. The molecular formula is C85H109N11O22. The largest absolute Gasteiger partial charge is 0.507 e. The van der Waals surface area contributed by atoms with E-state index >= 15 is 0 Å². The van der Waals surface area contributed by atoms with Gasteiger partial charge in [-0.2, -0.15) is 0 Å². The molecule has 118 heavy (non-hydrogen) atoms. The second-order valence-corrected chi connectivity index (χ2v) is 30.1. The molecule has 9 rings (SSSR count). The number of rotatable bonds is 18. The average Bonchev–Trinajstić information content (AvgIpc) is 0.813. The van der Waals surface area contributed by atoms with E-state index in [1.54, 1.807) is 124 Å². The number of aliphatic hydroxyl groups is 3. The second-order valence-electron chi connectivity index (χ2n) is 30.1. The van der Waals surface area contributed by atoms with Gasteiger partial charge in [0.1, 0.15) is 65.8 Å². The molecule has 0 aliphatic carbocycles. The first-order chi connectivity index (χ1) is 56.0. The summed E-state index contributed by atoms with van der Waals surface area (Å²) in [6.45, 7) is 19.7. The van der Waals surface area contributed by atoms with Gasteiger partial charge in [0, 0.05) is 50.1 Å². The third-order valence-corrected chi connectivity index (χ3v) is 21.5. The second kappa shape index (κ2) is 43.8. The molecule has 8 amide bonds. The lowest BCUT2D eigenvalue weighted by atomic mass is 9.90. The number of aromatic hydroxyl groups is 3. The Kier molecular flexibility index (Phi) is 34.6. The van der Waals surface area contributed by atoms with E-state index in [0.717, 1.165) is 0 Å². The number of phenols is 3. The van der Waals surface area contributed by atoms with Crippen molar-refractivity contribution < 1.29 is 107 Å². The molecule has 0 saturated carbocycles. The van der Waals surface area contributed by atoms with Crippen molar-refractivity contribution >= 4 is 71.1 Å². The molecule has 0 spiro atoms. The standard InChI is InChI=1S/C29H38N4O7.C28H36N4O7.C28H35N3O8/c1-6-16(2)24-29(39)40-18(4)23(32-26(36)20-11-7-8-12-22(20)34)27(37)31-21(14-19-10-9-13-30-15-19)25(35)17(3)28(38)33(24)5;1-5-15(2)22-28(38)39-17(4)23(32-26(36)19-10-6-7-11-21(19)33)27(37)30-20(13-18-9-8-12-29-14-18)24(34)16(3)25(35)31-22;1-5-15(2)24-28(37)38-17(4)22(31-25(34)19-10-6-7-11-21(19)32)26(35)30-20(13-18-9-8-12-29-14-18)23(33)16(3)27(36)39-24/h7-13,15-18,21,23-25,34-35H,6,14H2,1-5H3,(H,31,37)(H,32,36);6-12,14-17,20,22-24,33-34H,5,13H2,1-4H3,(H,30,37)(H,31,35)(H,32,36);6-12,14-17,20,22-24,32-33H,5,13H2,1-4H3,(H,30,35)(H,31,34)/t16?,17-,18-,21+,23+,24?,25+;15?,16-,17-,20+,22?,23+,24+;15?,16-,17-,20+,22+,23+,24?/m111/s1. The maximum Gasteiger partial charge on any atom is 0.348 e. The SMILES string of the molecule is CCC(C)C1C(=O)O[C@H](C)[C@H](NC(=O)c2ccccc2O)C(=O)N[C@@H](Cc2cccnc2)[C@@H](O)[C@@H](C)C(=O)N1C.CCC(C)C1NC(=O)[C@H](C)[C@H](O)[C@H](Cc2cccnc2)NC(=O)[C@@H](NC(=O)c2ccccc2O)[C@@H](C)OC1=O.CCC(C)C1OC(=O)[C@H](C)[C@H](O)[C@H](Cc2cccnc2)NC(=O)[C@@H](NC(=O)c2ccccc2O)[C@@H](C)OC1=O. The third kappa shape index (κ3) is 24.8. The molecule has 6 unspecified atom stereocenters. The highest BCUT2D eigenvalue weighted by molar-refractivity contribution is 6.02. The lowest BCUT2D eigenvalue weighted by Gasteiger charge is -2.38. The molecule has 6 aromatic rings. The highest BCUT2D eigenvalue weighted by atomic mass is 16.6. The number of nitrogens with zero attached hydrogens (tertiary/aromatic N) is 4. The van der Waals surface area contributed by atoms with Crippen molar-refractivity contribution in [2.45, 2.75) is 213 Å². The number of carbonyl (C=O) groups is 12. The Labute approximate surface area is 684 Å². The van der Waals surface area contributed by atoms with Crippen LogP contribution in [0.15, 0.2) is 146 Å². The van der Waals surface area contributed by atoms with Crippen molar-refractivity contribution in [3.8, 4) is 17.2 Å². The van der Waals surface area contributed by atoms with E-state index < -0.39 is 186 Å². The summed E-state index contributed by atoms with van der Waals surface area (Å²) in [6.07, 6.45) is 2.59. The zero-order valence-electron chi connectivity index (χ0n) is 68.2. The highest BCUT2D eigenvalue weighted by Gasteiger charge is 2.46. The number of amides is 8. The van der Waals surface area contributed by atoms with Crippen LogP contribution in [0.5, 0.6) is 17.2 Å². The van der Waals surface area contributed by atoms with Gasteiger partial charge in [-0.3, -0.25) is 58.1 Å². The number of esters is 4. The minimum Gasteiger partial charge on any atom is -0.507 e. The van der Waals surface area contributed by atoms with Crippen LogP contribution in [0, 0.1) is 35.5 Å². The van der Waals surface area contributed by atoms with Gasteiger partial charge in [-0.05, 0) is 137 Å². The van der Waals surface area contributed by atoms with Crippen molar-refractivity contribution in [2.75, 3.05) is 7.05 Å². The molecule has 33 nitrogen and oxygen atoms in total. The van der Waals surface area contributed by atoms with Crippen molar-refractivity contribution in [3.05, 3.63) is 180 Å². The Morgan fingerprint density at radius 1 is 0.415 bits per heavy atom. The van der Waals surface area contributed by atoms with Crippen LogP contribution >= 0.6 is 0 Å². The molecule has 0 bridgehead atoms. The van der Waals surface area contributed by atoms with E-state index in [4.69, 9.17) is 18.9 Å². The van der Waals surface area contributed by atoms with Gasteiger partial charge in [-0.15, -0.1) is 0 Å². The van der Waals surface area contributed by atoms with Crippen LogP contribution in [0.2, 0.25) is 0 Å². The van der Waals surface area contributed by atoms with Gasteiger partial charge in [0.05, 0.1) is 70.9 Å². The molecule has 13 N–H and O–H groups in total. The van der Waals surface area contributed by atoms with E-state index in [1.807, 2.05) is 27.7 Å². The summed E-state index contributed by atoms with van der Waals surface area (Å²) in [6, 6.07) is 18.8. The van der Waals surface area contributed by atoms with Crippen molar-refractivity contribution in [3.63, 3.8) is 0 Å². The Hall–Kier alpha value is -12.0. The quantitative estimate of drug-likeness (QED) is 0.0427. The van der Waals surface area contributed by atoms with Crippen LogP contribution in [0.25, 0.3) is 0 Å². The van der Waals surface area contributed by atoms with Crippen molar-refractivity contribution in [1.29, 1.82) is 0 Å². The van der Waals surface area contributed by atoms with Crippen LogP contribution in [0.3, 0.4) is 0 Å². The molecule has 3 fully saturated rings. The van der Waals surface area contributed by atoms with Crippen LogP contribution in [0.1, 0.15) is 150 Å². The molecule has 0 radical (unpaired) electrons. The van der Waals surface area contributed by atoms with Gasteiger partial charge in [-0.25, -0.2) is 14.4 Å². The van der Waals surface area contributed by atoms with Gasteiger partial charge < -0.3 is 91.7 Å². The maximum atomic E-state index is 13.7. The number of benzene rings is 3. The fourth-order valence-electron chi connectivity index (χ4n) is 13.5. The number of aliphatic hydroxyl groups excluding tert-OH is 3. The average molecular weight is 1640 g/mol. The number of ether oxygens (including phenoxy) is 4. The molecule has 3 aliphatic heterocycles. The van der Waals surface area contributed by atoms with E-state index in [9.17, 15) is 88.2 Å². The van der Waals surface area contributed by atoms with Crippen LogP contribution in [-0.4, -0.2) is 220 Å². The molecular weight excluding hydrogens is 1530 g/mol. The number of phenolic OH excluding ortho intramolecular Hbond substituents is 3. The summed E-state index contributed by atoms with van der Waals surface area (Å²) >= 11 is 0. The lowest BCUT2D eigenvalue weighted by molar-refractivity contribution is -0.180. The van der Waals surface area contributed by atoms with Gasteiger partial charge in [0.2, 0.25) is 35.6 Å². The summed E-state index contributed by atoms with van der Waals surface area (Å²) in [4.78, 5) is 173. The maximum absolute atomic E-state index is 13.7. The number of nitrogens with one attached hydrogen (secondary N) is 7. The predicted molar refractivity (Wildman–Crippen MR) is 427 cm³/mol. The van der Waals surface area contributed by atoms with E-state index in [0.29, 0.717) is 36.0 Å². The zero-order valence-corrected chi connectivity index (χ0v) is 68.2. The monoisotopic (exact) mass is 1640 g/mol. The minimum absolute atomic E-state index is 0.0664. The number of likely N-dealkylation sites (N-methyl/N-ethyl adjacent to an activating group) is 1. The first-order valence-corrected chi connectivity index (χ1v) is 39.3. The number of cyclic esters (lactones) is 4. The minimum atomic E-state index is -1.41. The molecule has 6 heterocycles. The molecule has 21 atom stereocenters. The normalized spacial score (nSPS) is 27.1. The molecule has 3 aromatic heterocycles. The first-order valence-electron chi connectivity index (χ1n) is 39.3. The van der Waals surface area contributed by atoms with Crippen LogP contribution in [0.4, 0.5) is 0 Å². The van der Waals surface area contributed by atoms with Crippen LogP contribution in [-0.2, 0) is 81.4 Å². The summed E-state index contributed by atoms with van der Waals surface area (Å²) in [5.41, 5.74) is 1.87. The van der Waals surface area contributed by atoms with Crippen LogP contribution < -0.4 is 37.2 Å². The molecule has 33 heteroatoms. The van der Waals surface area contributed by atoms with E-state index in [2.05, 4.69) is 52.2 Å². The number of para-hydroxylation sites is 3. The smallest absolute Gasteiger partial charge is 0.348 e. The predicted octanol–water partition coefficient (Wildman–Crippen LogP) is 4.03.